The van der Waals surface area contributed by atoms with Gasteiger partial charge in [-0.05, 0) is 31.2 Å². The van der Waals surface area contributed by atoms with E-state index < -0.39 is 0 Å². The molecule has 27 heavy (non-hydrogen) atoms. The summed E-state index contributed by atoms with van der Waals surface area (Å²) in [5, 5.41) is 0.957. The number of esters is 1. The molecule has 2 aromatic carbocycles. The third-order valence-corrected chi connectivity index (χ3v) is 5.17. The summed E-state index contributed by atoms with van der Waals surface area (Å²) in [6, 6.07) is 17.8. The largest absolute Gasteiger partial charge is 0.465 e. The van der Waals surface area contributed by atoms with Crippen molar-refractivity contribution in [3.05, 3.63) is 64.6 Å². The maximum absolute atomic E-state index is 11.8. The van der Waals surface area contributed by atoms with E-state index in [9.17, 15) is 4.79 Å². The van der Waals surface area contributed by atoms with E-state index in [2.05, 4.69) is 15.9 Å². The molecule has 0 aliphatic carbocycles. The molecule has 1 heterocycles. The fourth-order valence-electron chi connectivity index (χ4n) is 2.80. The zero-order valence-corrected chi connectivity index (χ0v) is 17.5. The molecule has 0 fully saturated rings. The van der Waals surface area contributed by atoms with Crippen molar-refractivity contribution in [1.29, 1.82) is 0 Å². The molecule has 0 amide bonds. The monoisotopic (exact) mass is 442 g/mol. The molecule has 1 aromatic heterocycles. The summed E-state index contributed by atoms with van der Waals surface area (Å²) in [5.74, 6) is -0.297. The number of benzene rings is 2. The van der Waals surface area contributed by atoms with Gasteiger partial charge < -0.3 is 9.64 Å². The standard InChI is InChI=1S/C21H19BrN2O2S/c1-3-26-20(25)13-24(2)21(27)17-12-19(14-8-10-15(22)11-9-14)23-18-7-5-4-6-16(17)18/h4-12H,3,13H2,1-2H3. The van der Waals surface area contributed by atoms with Gasteiger partial charge in [-0.25, -0.2) is 4.98 Å². The highest BCUT2D eigenvalue weighted by Crippen LogP contribution is 2.27. The maximum Gasteiger partial charge on any atom is 0.325 e. The first-order valence-electron chi connectivity index (χ1n) is 8.56. The lowest BCUT2D eigenvalue weighted by Gasteiger charge is -2.20. The second-order valence-corrected chi connectivity index (χ2v) is 7.35. The molecule has 0 radical (unpaired) electrons. The summed E-state index contributed by atoms with van der Waals surface area (Å²) < 4.78 is 6.04. The first-order chi connectivity index (χ1) is 13.0. The van der Waals surface area contributed by atoms with Crippen molar-refractivity contribution in [2.45, 2.75) is 6.92 Å². The van der Waals surface area contributed by atoms with Crippen LogP contribution >= 0.6 is 28.1 Å². The highest BCUT2D eigenvalue weighted by atomic mass is 79.9. The zero-order valence-electron chi connectivity index (χ0n) is 15.1. The van der Waals surface area contributed by atoms with Crippen LogP contribution in [0.1, 0.15) is 12.5 Å². The molecule has 0 unspecified atom stereocenters. The van der Waals surface area contributed by atoms with Crippen LogP contribution in [0, 0.1) is 0 Å². The van der Waals surface area contributed by atoms with Gasteiger partial charge in [0.1, 0.15) is 11.5 Å². The summed E-state index contributed by atoms with van der Waals surface area (Å²) in [4.78, 5) is 18.9. The first-order valence-corrected chi connectivity index (χ1v) is 9.76. The van der Waals surface area contributed by atoms with Crippen LogP contribution in [0.2, 0.25) is 0 Å². The van der Waals surface area contributed by atoms with E-state index in [4.69, 9.17) is 21.9 Å². The normalized spacial score (nSPS) is 10.6. The Balaban J connectivity index is 2.04. The highest BCUT2D eigenvalue weighted by Gasteiger charge is 2.16. The number of carbonyl (C=O) groups is 1. The molecule has 0 aliphatic rings. The van der Waals surface area contributed by atoms with Gasteiger partial charge in [0.15, 0.2) is 0 Å². The van der Waals surface area contributed by atoms with Gasteiger partial charge in [0, 0.05) is 28.0 Å². The van der Waals surface area contributed by atoms with Crippen molar-refractivity contribution in [2.24, 2.45) is 0 Å². The molecule has 0 aliphatic heterocycles. The molecule has 3 rings (SSSR count). The number of pyridine rings is 1. The Bertz CT molecular complexity index is 989. The van der Waals surface area contributed by atoms with Crippen molar-refractivity contribution in [1.82, 2.24) is 9.88 Å². The summed E-state index contributed by atoms with van der Waals surface area (Å²) in [6.07, 6.45) is 0. The van der Waals surface area contributed by atoms with Crippen molar-refractivity contribution >= 4 is 50.0 Å². The fourth-order valence-corrected chi connectivity index (χ4v) is 3.30. The Kier molecular flexibility index (Phi) is 6.19. The molecule has 3 aromatic rings. The molecule has 4 nitrogen and oxygen atoms in total. The number of hydrogen-bond donors (Lipinski definition) is 0. The number of thiocarbonyl (C=S) groups is 1. The number of para-hydroxylation sites is 1. The van der Waals surface area contributed by atoms with Crippen LogP contribution in [-0.4, -0.2) is 41.0 Å². The number of nitrogens with zero attached hydrogens (tertiary/aromatic N) is 2. The lowest BCUT2D eigenvalue weighted by Crippen LogP contribution is -2.32. The van der Waals surface area contributed by atoms with Gasteiger partial charge >= 0.3 is 5.97 Å². The number of fused-ring (bicyclic) bond motifs is 1. The topological polar surface area (TPSA) is 42.4 Å². The molecular weight excluding hydrogens is 424 g/mol. The highest BCUT2D eigenvalue weighted by molar-refractivity contribution is 9.10. The van der Waals surface area contributed by atoms with E-state index in [1.54, 1.807) is 18.9 Å². The molecule has 138 valence electrons. The third-order valence-electron chi connectivity index (χ3n) is 4.10. The second-order valence-electron chi connectivity index (χ2n) is 6.05. The Hall–Kier alpha value is -2.31. The summed E-state index contributed by atoms with van der Waals surface area (Å²) in [7, 11) is 1.80. The predicted octanol–water partition coefficient (Wildman–Crippen LogP) is 4.83. The predicted molar refractivity (Wildman–Crippen MR) is 116 cm³/mol. The van der Waals surface area contributed by atoms with E-state index in [1.807, 2.05) is 54.6 Å². The molecule has 0 spiro atoms. The van der Waals surface area contributed by atoms with Crippen LogP contribution in [0.3, 0.4) is 0 Å². The molecule has 0 atom stereocenters. The summed E-state index contributed by atoms with van der Waals surface area (Å²) in [6.45, 7) is 2.25. The number of carbonyl (C=O) groups excluding carboxylic acids is 1. The maximum atomic E-state index is 11.8. The SMILES string of the molecule is CCOC(=O)CN(C)C(=S)c1cc(-c2ccc(Br)cc2)nc2ccccc12. The van der Waals surface area contributed by atoms with Crippen molar-refractivity contribution in [2.75, 3.05) is 20.2 Å². The minimum absolute atomic E-state index is 0.108. The van der Waals surface area contributed by atoms with Crippen LogP contribution in [-0.2, 0) is 9.53 Å². The molecule has 0 bridgehead atoms. The van der Waals surface area contributed by atoms with E-state index in [0.717, 1.165) is 32.2 Å². The Morgan fingerprint density at radius 1 is 1.19 bits per heavy atom. The van der Waals surface area contributed by atoms with E-state index in [1.165, 1.54) is 0 Å². The second kappa shape index (κ2) is 8.59. The quantitative estimate of drug-likeness (QED) is 0.417. The van der Waals surface area contributed by atoms with Gasteiger partial charge in [0.05, 0.1) is 17.8 Å². The number of halogens is 1. The van der Waals surface area contributed by atoms with E-state index >= 15 is 0 Å². The summed E-state index contributed by atoms with van der Waals surface area (Å²) in [5.41, 5.74) is 3.57. The third kappa shape index (κ3) is 4.51. The Morgan fingerprint density at radius 2 is 1.89 bits per heavy atom. The summed E-state index contributed by atoms with van der Waals surface area (Å²) >= 11 is 9.14. The minimum atomic E-state index is -0.297. The first kappa shape index (κ1) is 19.5. The van der Waals surface area contributed by atoms with Gasteiger partial charge in [0.25, 0.3) is 0 Å². The van der Waals surface area contributed by atoms with Crippen LogP contribution in [0.15, 0.2) is 59.1 Å². The van der Waals surface area contributed by atoms with E-state index in [0.29, 0.717) is 11.6 Å². The van der Waals surface area contributed by atoms with Crippen LogP contribution < -0.4 is 0 Å². The smallest absolute Gasteiger partial charge is 0.325 e. The van der Waals surface area contributed by atoms with Gasteiger partial charge in [0.2, 0.25) is 0 Å². The van der Waals surface area contributed by atoms with E-state index in [-0.39, 0.29) is 12.5 Å². The number of aromatic nitrogens is 1. The molecule has 0 saturated carbocycles. The van der Waals surface area contributed by atoms with Crippen LogP contribution in [0.25, 0.3) is 22.2 Å². The number of rotatable bonds is 5. The average Bonchev–Trinajstić information content (AvgIpc) is 2.67. The van der Waals surface area contributed by atoms with Gasteiger partial charge in [-0.1, -0.05) is 58.5 Å². The van der Waals surface area contributed by atoms with Crippen molar-refractivity contribution in [3.8, 4) is 11.3 Å². The fraction of sp³-hybridized carbons (Fsp3) is 0.190. The molecule has 0 N–H and O–H groups in total. The number of likely N-dealkylation sites (N-methyl/N-ethyl adjacent to an activating group) is 1. The van der Waals surface area contributed by atoms with Gasteiger partial charge in [-0.15, -0.1) is 0 Å². The molecular formula is C21H19BrN2O2S. The molecule has 0 saturated heterocycles. The van der Waals surface area contributed by atoms with Crippen LogP contribution in [0.4, 0.5) is 0 Å². The average molecular weight is 443 g/mol. The van der Waals surface area contributed by atoms with Crippen molar-refractivity contribution in [3.63, 3.8) is 0 Å². The number of hydrogen-bond acceptors (Lipinski definition) is 4. The van der Waals surface area contributed by atoms with Crippen LogP contribution in [0.5, 0.6) is 0 Å². The van der Waals surface area contributed by atoms with Gasteiger partial charge in [-0.3, -0.25) is 4.79 Å². The lowest BCUT2D eigenvalue weighted by molar-refractivity contribution is -0.143. The Morgan fingerprint density at radius 3 is 2.59 bits per heavy atom. The number of ether oxygens (including phenoxy) is 1. The molecule has 6 heteroatoms. The lowest BCUT2D eigenvalue weighted by atomic mass is 10.0. The zero-order chi connectivity index (χ0) is 19.4. The minimum Gasteiger partial charge on any atom is -0.465 e. The van der Waals surface area contributed by atoms with Crippen molar-refractivity contribution < 1.29 is 9.53 Å². The Labute approximate surface area is 172 Å². The van der Waals surface area contributed by atoms with Gasteiger partial charge in [-0.2, -0.15) is 0 Å².